The second-order valence-corrected chi connectivity index (χ2v) is 5.84. The van der Waals surface area contributed by atoms with Gasteiger partial charge in [0.2, 0.25) is 0 Å². The van der Waals surface area contributed by atoms with E-state index in [1.165, 1.54) is 0 Å². The number of benzene rings is 1. The number of rotatable bonds is 5. The monoisotopic (exact) mass is 392 g/mol. The van der Waals surface area contributed by atoms with Crippen LogP contribution in [0.4, 0.5) is 11.4 Å². The van der Waals surface area contributed by atoms with Crippen LogP contribution in [-0.4, -0.2) is 42.4 Å². The molecular weight excluding hydrogens is 375 g/mol. The largest absolute Gasteiger partial charge is 0.394 e. The first-order valence-corrected chi connectivity index (χ1v) is 7.61. The third kappa shape index (κ3) is 3.80. The number of halogens is 1. The number of nitro groups is 1. The Labute approximate surface area is 131 Å². The van der Waals surface area contributed by atoms with Crippen LogP contribution >= 0.6 is 22.6 Å². The van der Waals surface area contributed by atoms with E-state index in [2.05, 4.69) is 27.5 Å². The lowest BCUT2D eigenvalue weighted by Gasteiger charge is -2.34. The third-order valence-corrected chi connectivity index (χ3v) is 4.23. The summed E-state index contributed by atoms with van der Waals surface area (Å²) in [7, 11) is 0. The predicted octanol–water partition coefficient (Wildman–Crippen LogP) is 2.18. The van der Waals surface area contributed by atoms with Crippen LogP contribution in [0.3, 0.4) is 0 Å². The minimum absolute atomic E-state index is 0.0560. The molecule has 0 atom stereocenters. The van der Waals surface area contributed by atoms with Crippen LogP contribution in [-0.2, 0) is 4.74 Å². The van der Waals surface area contributed by atoms with E-state index in [1.54, 1.807) is 12.1 Å². The smallest absolute Gasteiger partial charge is 0.270 e. The molecule has 0 aliphatic carbocycles. The molecule has 1 heterocycles. The first-order valence-electron chi connectivity index (χ1n) is 6.53. The van der Waals surface area contributed by atoms with E-state index in [4.69, 9.17) is 9.84 Å². The molecule has 2 rings (SSSR count). The van der Waals surface area contributed by atoms with Gasteiger partial charge in [-0.25, -0.2) is 0 Å². The molecule has 1 fully saturated rings. The predicted molar refractivity (Wildman–Crippen MR) is 84.1 cm³/mol. The van der Waals surface area contributed by atoms with Crippen LogP contribution in [0.2, 0.25) is 0 Å². The second kappa shape index (κ2) is 7.19. The Hall–Kier alpha value is -0.930. The van der Waals surface area contributed by atoms with Crippen LogP contribution in [0.5, 0.6) is 0 Å². The number of nitrogens with zero attached hydrogens (tertiary/aromatic N) is 2. The number of piperidine rings is 1. The van der Waals surface area contributed by atoms with Crippen molar-refractivity contribution in [2.45, 2.75) is 18.9 Å². The molecule has 1 saturated heterocycles. The van der Waals surface area contributed by atoms with Crippen molar-refractivity contribution >= 4 is 34.0 Å². The molecule has 6 nitrogen and oxygen atoms in total. The Morgan fingerprint density at radius 3 is 2.70 bits per heavy atom. The van der Waals surface area contributed by atoms with Crippen molar-refractivity contribution in [2.75, 3.05) is 31.2 Å². The minimum Gasteiger partial charge on any atom is -0.394 e. The van der Waals surface area contributed by atoms with Gasteiger partial charge in [-0.3, -0.25) is 10.1 Å². The van der Waals surface area contributed by atoms with Crippen molar-refractivity contribution in [3.8, 4) is 0 Å². The maximum atomic E-state index is 10.7. The highest BCUT2D eigenvalue weighted by molar-refractivity contribution is 14.1. The number of aliphatic hydroxyl groups is 1. The van der Waals surface area contributed by atoms with Gasteiger partial charge in [-0.1, -0.05) is 0 Å². The number of non-ortho nitro benzene ring substituents is 1. The Morgan fingerprint density at radius 2 is 2.15 bits per heavy atom. The van der Waals surface area contributed by atoms with Gasteiger partial charge in [0.1, 0.15) is 0 Å². The van der Waals surface area contributed by atoms with Gasteiger partial charge in [-0.05, 0) is 41.5 Å². The number of hydrogen-bond acceptors (Lipinski definition) is 5. The molecule has 0 aromatic heterocycles. The van der Waals surface area contributed by atoms with Gasteiger partial charge in [-0.15, -0.1) is 0 Å². The Kier molecular flexibility index (Phi) is 5.55. The van der Waals surface area contributed by atoms with Gasteiger partial charge in [0.05, 0.1) is 29.9 Å². The molecular formula is C13H17IN2O4. The molecule has 1 aromatic rings. The molecule has 1 N–H and O–H groups in total. The van der Waals surface area contributed by atoms with Gasteiger partial charge in [0.15, 0.2) is 0 Å². The first kappa shape index (κ1) is 15.5. The molecule has 20 heavy (non-hydrogen) atoms. The fraction of sp³-hybridized carbons (Fsp3) is 0.538. The van der Waals surface area contributed by atoms with Gasteiger partial charge in [0, 0.05) is 28.8 Å². The lowest BCUT2D eigenvalue weighted by molar-refractivity contribution is -0.384. The molecule has 1 aliphatic heterocycles. The molecule has 7 heteroatoms. The van der Waals surface area contributed by atoms with Crippen molar-refractivity contribution in [1.82, 2.24) is 0 Å². The zero-order valence-corrected chi connectivity index (χ0v) is 13.2. The third-order valence-electron chi connectivity index (χ3n) is 3.37. The zero-order chi connectivity index (χ0) is 14.5. The molecule has 0 amide bonds. The standard InChI is InChI=1S/C13H17IN2O4/c14-12-9-10(16(18)19)1-2-13(12)15-5-3-11(4-6-15)20-8-7-17/h1-2,9,11,17H,3-8H2. The van der Waals surface area contributed by atoms with Crippen molar-refractivity contribution < 1.29 is 14.8 Å². The summed E-state index contributed by atoms with van der Waals surface area (Å²) in [5, 5.41) is 19.5. The van der Waals surface area contributed by atoms with Crippen molar-refractivity contribution in [3.05, 3.63) is 31.9 Å². The van der Waals surface area contributed by atoms with Gasteiger partial charge in [0.25, 0.3) is 5.69 Å². The maximum Gasteiger partial charge on any atom is 0.270 e. The molecule has 1 aromatic carbocycles. The number of anilines is 1. The van der Waals surface area contributed by atoms with E-state index in [0.29, 0.717) is 6.61 Å². The first-order chi connectivity index (χ1) is 9.61. The summed E-state index contributed by atoms with van der Waals surface area (Å²) in [5.41, 5.74) is 1.16. The summed E-state index contributed by atoms with van der Waals surface area (Å²) in [6, 6.07) is 4.96. The summed E-state index contributed by atoms with van der Waals surface area (Å²) >= 11 is 2.14. The van der Waals surface area contributed by atoms with Gasteiger partial charge < -0.3 is 14.7 Å². The van der Waals surface area contributed by atoms with E-state index in [9.17, 15) is 10.1 Å². The van der Waals surface area contributed by atoms with E-state index < -0.39 is 0 Å². The average molecular weight is 392 g/mol. The highest BCUT2D eigenvalue weighted by Crippen LogP contribution is 2.29. The van der Waals surface area contributed by atoms with E-state index in [1.807, 2.05) is 6.07 Å². The molecule has 1 aliphatic rings. The summed E-state index contributed by atoms with van der Waals surface area (Å²) in [6.07, 6.45) is 2.02. The topological polar surface area (TPSA) is 75.8 Å². The quantitative estimate of drug-likeness (QED) is 0.472. The fourth-order valence-electron chi connectivity index (χ4n) is 2.35. The minimum atomic E-state index is -0.374. The number of nitro benzene ring substituents is 1. The van der Waals surface area contributed by atoms with E-state index in [0.717, 1.165) is 35.2 Å². The van der Waals surface area contributed by atoms with Crippen molar-refractivity contribution in [1.29, 1.82) is 0 Å². The lowest BCUT2D eigenvalue weighted by Crippen LogP contribution is -2.37. The average Bonchev–Trinajstić information content (AvgIpc) is 2.45. The number of aliphatic hydroxyl groups excluding tert-OH is 1. The van der Waals surface area contributed by atoms with Crippen LogP contribution in [0, 0.1) is 13.7 Å². The summed E-state index contributed by atoms with van der Waals surface area (Å²) in [4.78, 5) is 12.6. The molecule has 0 spiro atoms. The molecule has 110 valence electrons. The van der Waals surface area contributed by atoms with Gasteiger partial charge >= 0.3 is 0 Å². The highest BCUT2D eigenvalue weighted by atomic mass is 127. The summed E-state index contributed by atoms with van der Waals surface area (Å²) in [6.45, 7) is 2.17. The number of ether oxygens (including phenoxy) is 1. The van der Waals surface area contributed by atoms with Crippen molar-refractivity contribution in [3.63, 3.8) is 0 Å². The van der Waals surface area contributed by atoms with Crippen LogP contribution < -0.4 is 4.90 Å². The second-order valence-electron chi connectivity index (χ2n) is 4.67. The summed E-state index contributed by atoms with van der Waals surface area (Å²) < 4.78 is 6.42. The molecule has 0 saturated carbocycles. The van der Waals surface area contributed by atoms with Gasteiger partial charge in [-0.2, -0.15) is 0 Å². The SMILES string of the molecule is O=[N+]([O-])c1ccc(N2CCC(OCCO)CC2)c(I)c1. The fourth-order valence-corrected chi connectivity index (χ4v) is 3.19. The molecule has 0 radical (unpaired) electrons. The lowest BCUT2D eigenvalue weighted by atomic mass is 10.1. The molecule has 0 bridgehead atoms. The Morgan fingerprint density at radius 1 is 1.45 bits per heavy atom. The zero-order valence-electron chi connectivity index (χ0n) is 11.0. The normalized spacial score (nSPS) is 16.4. The van der Waals surface area contributed by atoms with E-state index in [-0.39, 0.29) is 23.3 Å². The van der Waals surface area contributed by atoms with Crippen LogP contribution in [0.25, 0.3) is 0 Å². The Balaban J connectivity index is 1.98. The van der Waals surface area contributed by atoms with E-state index >= 15 is 0 Å². The number of hydrogen-bond donors (Lipinski definition) is 1. The summed E-state index contributed by atoms with van der Waals surface area (Å²) in [5.74, 6) is 0. The Bertz CT molecular complexity index is 475. The molecule has 0 unspecified atom stereocenters. The van der Waals surface area contributed by atoms with Crippen LogP contribution in [0.1, 0.15) is 12.8 Å². The highest BCUT2D eigenvalue weighted by Gasteiger charge is 2.22. The maximum absolute atomic E-state index is 10.7. The van der Waals surface area contributed by atoms with Crippen LogP contribution in [0.15, 0.2) is 18.2 Å². The van der Waals surface area contributed by atoms with Crippen molar-refractivity contribution in [2.24, 2.45) is 0 Å².